The minimum atomic E-state index is -0.426. The van der Waals surface area contributed by atoms with Crippen LogP contribution >= 0.6 is 45.6 Å². The third-order valence-electron chi connectivity index (χ3n) is 21.4. The number of alkyl halides is 1. The Morgan fingerprint density at radius 2 is 0.902 bits per heavy atom. The fourth-order valence-corrected chi connectivity index (χ4v) is 19.0. The number of phenols is 1. The minimum absolute atomic E-state index is 0.0187. The molecule has 17 aromatic rings. The van der Waals surface area contributed by atoms with E-state index in [1.54, 1.807) is 81.7 Å². The van der Waals surface area contributed by atoms with Crippen LogP contribution in [0, 0.1) is 63.6 Å². The van der Waals surface area contributed by atoms with Crippen LogP contribution in [0.2, 0.25) is 0 Å². The first-order chi connectivity index (χ1) is 59.4. The second kappa shape index (κ2) is 36.8. The van der Waals surface area contributed by atoms with Crippen LogP contribution in [0.3, 0.4) is 0 Å². The lowest BCUT2D eigenvalue weighted by Crippen LogP contribution is -2.25. The molecular weight excluding hydrogens is 1610 g/mol. The summed E-state index contributed by atoms with van der Waals surface area (Å²) >= 11 is 10.7. The highest BCUT2D eigenvalue weighted by molar-refractivity contribution is 7.26. The zero-order valence-corrected chi connectivity index (χ0v) is 72.0. The number of carbonyl (C=O) groups excluding carboxylic acids is 2. The van der Waals surface area contributed by atoms with Crippen LogP contribution < -0.4 is 39.1 Å². The molecule has 25 heteroatoms. The summed E-state index contributed by atoms with van der Waals surface area (Å²) in [5.41, 5.74) is 17.6. The molecule has 2 amide bonds. The number of nitriles is 5. The van der Waals surface area contributed by atoms with Gasteiger partial charge < -0.3 is 67.0 Å². The van der Waals surface area contributed by atoms with E-state index in [9.17, 15) is 41.0 Å². The topological polar surface area (TPSA) is 277 Å². The van der Waals surface area contributed by atoms with Gasteiger partial charge >= 0.3 is 0 Å². The lowest BCUT2D eigenvalue weighted by molar-refractivity contribution is -0.118. The SMILES string of the molecule is CCn1c(-c2cc(C)cs2)c(C#N)c2ccc(OC)cc21.CCn1c(-c2ccc(O)c(NC(=O)CCl)c2)c(C#N)c2ccc(OC)cc21.CCn1c(-c2ccc3c(c2)NC(=O)CO3)c(C#N)c2ccc(OC)cc21.CCn1c(-c2cccc3c2sc2ccccc23)c(C#N)c2ccc(OC)cc21.CCn1c(-c2cccs2)c(C#N)c2ccc(OC)cc21. The summed E-state index contributed by atoms with van der Waals surface area (Å²) in [4.78, 5) is 25.5. The van der Waals surface area contributed by atoms with Crippen LogP contribution in [-0.4, -0.2) is 87.8 Å². The molecule has 0 bridgehead atoms. The molecule has 0 saturated heterocycles. The van der Waals surface area contributed by atoms with Crippen molar-refractivity contribution in [2.24, 2.45) is 0 Å². The highest BCUT2D eigenvalue weighted by Crippen LogP contribution is 2.47. The van der Waals surface area contributed by atoms with Crippen LogP contribution in [0.4, 0.5) is 11.4 Å². The Morgan fingerprint density at radius 3 is 1.34 bits per heavy atom. The number of methoxy groups -OCH3 is 5. The normalized spacial score (nSPS) is 11.3. The van der Waals surface area contributed by atoms with Gasteiger partial charge in [0.05, 0.1) is 141 Å². The number of phenolic OH excluding ortho intramolecular Hbond substituents is 1. The first kappa shape index (κ1) is 84.0. The zero-order chi connectivity index (χ0) is 86.2. The average Bonchev–Trinajstić information content (AvgIpc) is 1.63. The van der Waals surface area contributed by atoms with Crippen LogP contribution in [-0.2, 0) is 42.3 Å². The number of rotatable bonds is 17. The Hall–Kier alpha value is -14.4. The van der Waals surface area contributed by atoms with E-state index in [1.807, 2.05) is 139 Å². The van der Waals surface area contributed by atoms with Gasteiger partial charge in [0.15, 0.2) is 6.61 Å². The van der Waals surface area contributed by atoms with Crippen molar-refractivity contribution in [3.05, 3.63) is 232 Å². The molecule has 122 heavy (non-hydrogen) atoms. The molecule has 1 aliphatic heterocycles. The fourth-order valence-electron chi connectivity index (χ4n) is 16.0. The van der Waals surface area contributed by atoms with Crippen molar-refractivity contribution < 1.29 is 43.1 Å². The summed E-state index contributed by atoms with van der Waals surface area (Å²) in [5.74, 6) is 3.60. The zero-order valence-electron chi connectivity index (χ0n) is 68.8. The molecule has 0 radical (unpaired) electrons. The molecule has 1 aliphatic rings. The number of nitrogens with zero attached hydrogens (tertiary/aromatic N) is 10. The number of aromatic hydroxyl groups is 1. The van der Waals surface area contributed by atoms with Crippen LogP contribution in [0.5, 0.6) is 40.2 Å². The minimum Gasteiger partial charge on any atom is -0.506 e. The van der Waals surface area contributed by atoms with Crippen molar-refractivity contribution in [1.29, 1.82) is 26.3 Å². The van der Waals surface area contributed by atoms with Gasteiger partial charge in [0, 0.05) is 127 Å². The largest absolute Gasteiger partial charge is 0.506 e. The Labute approximate surface area is 721 Å². The number of fused-ring (bicyclic) bond motifs is 9. The second-order valence-electron chi connectivity index (χ2n) is 28.0. The number of amides is 2. The Bertz CT molecular complexity index is 7140. The summed E-state index contributed by atoms with van der Waals surface area (Å²) in [6, 6.07) is 72.3. The Morgan fingerprint density at radius 1 is 0.475 bits per heavy atom. The van der Waals surface area contributed by atoms with Crippen LogP contribution in [0.1, 0.15) is 68.0 Å². The highest BCUT2D eigenvalue weighted by atomic mass is 35.5. The van der Waals surface area contributed by atoms with E-state index in [2.05, 4.69) is 147 Å². The summed E-state index contributed by atoms with van der Waals surface area (Å²) in [5, 5.41) is 75.5. The van der Waals surface area contributed by atoms with Gasteiger partial charge in [0.2, 0.25) is 5.91 Å². The third-order valence-corrected chi connectivity index (χ3v) is 24.8. The maximum absolute atomic E-state index is 11.6. The predicted octanol–water partition coefficient (Wildman–Crippen LogP) is 23.1. The van der Waals surface area contributed by atoms with Crippen LogP contribution in [0.15, 0.2) is 199 Å². The molecule has 8 aromatic heterocycles. The van der Waals surface area contributed by atoms with Crippen LogP contribution in [0.25, 0.3) is 130 Å². The number of hydrogen-bond acceptors (Lipinski definition) is 17. The number of benzene rings is 9. The average molecular weight is 1690 g/mol. The molecule has 0 spiro atoms. The molecule has 0 atom stereocenters. The fraction of sp³-hybridized carbons (Fsp3) is 0.186. The van der Waals surface area contributed by atoms with Crippen molar-refractivity contribution in [2.45, 2.75) is 74.3 Å². The first-order valence-corrected chi connectivity index (χ1v) is 42.3. The smallest absolute Gasteiger partial charge is 0.262 e. The second-order valence-corrected chi connectivity index (χ2v) is 31.2. The standard InChI is InChI=1S/C24H18N2OS.C20H18ClN3O3.C20H17N3O3.C17H16N2OS.C16H14N2OS/c1-3-26-21-13-15(27-2)11-12-16(21)20(14-25)23(26)19-9-6-8-18-17-7-4-5-10-22(17)28-24(18)19;1-3-24-17-9-13(27-2)5-6-14(17)15(11-22)20(24)12-4-7-18(25)16(8-12)23-19(26)10-21;1-3-23-17-9-13(25-2)5-6-14(17)15(10-21)20(23)12-4-7-18-16(8-12)22-19(24)11-26-18;1-4-19-15-8-12(20-3)5-6-13(15)14(9-18)17(19)16-7-11(2)10-21-16;1-3-18-14-9-11(19-2)6-7-12(14)13(10-17)16(18)15-5-4-8-20-15/h4-13H,3H2,1-2H3;4-9,25H,3,10H2,1-2H3,(H,23,26);4-9H,3,11H2,1-2H3,(H,22,24);5-8,10H,4H2,1-3H3;4-9H,3H2,1-2H3. The van der Waals surface area contributed by atoms with E-state index in [1.165, 1.54) is 31.8 Å². The van der Waals surface area contributed by atoms with E-state index in [0.717, 1.165) is 157 Å². The molecule has 3 N–H and O–H groups in total. The van der Waals surface area contributed by atoms with Crippen molar-refractivity contribution in [3.8, 4) is 126 Å². The molecule has 0 aliphatic carbocycles. The summed E-state index contributed by atoms with van der Waals surface area (Å²) < 4.78 is 45.3. The molecular formula is C97H83ClN12O9S3. The Kier molecular flexibility index (Phi) is 25.4. The Balaban J connectivity index is 0.000000125. The van der Waals surface area contributed by atoms with Crippen molar-refractivity contribution in [3.63, 3.8) is 0 Å². The number of nitrogens with one attached hydrogen (secondary N) is 2. The van der Waals surface area contributed by atoms with E-state index in [4.69, 9.17) is 40.0 Å². The lowest BCUT2D eigenvalue weighted by atomic mass is 10.0. The van der Waals surface area contributed by atoms with E-state index in [-0.39, 0.29) is 29.8 Å². The molecule has 0 fully saturated rings. The van der Waals surface area contributed by atoms with Crippen molar-refractivity contribution in [1.82, 2.24) is 22.8 Å². The van der Waals surface area contributed by atoms with Gasteiger partial charge in [-0.25, -0.2) is 0 Å². The number of halogens is 1. The molecule has 18 rings (SSSR count). The van der Waals surface area contributed by atoms with E-state index >= 15 is 0 Å². The summed E-state index contributed by atoms with van der Waals surface area (Å²) in [6.45, 7) is 16.2. The van der Waals surface area contributed by atoms with Crippen molar-refractivity contribution >= 4 is 143 Å². The monoisotopic (exact) mass is 1690 g/mol. The molecule has 9 heterocycles. The van der Waals surface area contributed by atoms with Gasteiger partial charge in [0.1, 0.15) is 76.5 Å². The van der Waals surface area contributed by atoms with E-state index < -0.39 is 5.91 Å². The number of carbonyl (C=O) groups is 2. The molecule has 0 saturated carbocycles. The van der Waals surface area contributed by atoms with Gasteiger partial charge in [-0.1, -0.05) is 42.5 Å². The summed E-state index contributed by atoms with van der Waals surface area (Å²) in [6.07, 6.45) is 0. The van der Waals surface area contributed by atoms with Gasteiger partial charge in [-0.05, 0) is 173 Å². The quantitative estimate of drug-likeness (QED) is 0.0565. The number of aryl methyl sites for hydroxylation is 6. The predicted molar refractivity (Wildman–Crippen MR) is 490 cm³/mol. The van der Waals surface area contributed by atoms with Gasteiger partial charge in [-0.15, -0.1) is 45.6 Å². The molecule has 610 valence electrons. The van der Waals surface area contributed by atoms with Gasteiger partial charge in [0.25, 0.3) is 5.91 Å². The number of aromatic nitrogens is 5. The molecule has 21 nitrogen and oxygen atoms in total. The maximum Gasteiger partial charge on any atom is 0.262 e. The van der Waals surface area contributed by atoms with E-state index in [0.29, 0.717) is 52.7 Å². The summed E-state index contributed by atoms with van der Waals surface area (Å²) in [7, 11) is 8.21. The number of anilines is 2. The molecule has 9 aromatic carbocycles. The first-order valence-electron chi connectivity index (χ1n) is 39.2. The third kappa shape index (κ3) is 15.8. The highest BCUT2D eigenvalue weighted by Gasteiger charge is 2.27. The lowest BCUT2D eigenvalue weighted by Gasteiger charge is -2.19. The van der Waals surface area contributed by atoms with Crippen molar-refractivity contribution in [2.75, 3.05) is 58.7 Å². The number of thiophene rings is 3. The number of ether oxygens (including phenoxy) is 6. The van der Waals surface area contributed by atoms with Gasteiger partial charge in [-0.2, -0.15) is 26.3 Å². The number of hydrogen-bond donors (Lipinski definition) is 3. The van der Waals surface area contributed by atoms with Gasteiger partial charge in [-0.3, -0.25) is 9.59 Å². The molecule has 0 unspecified atom stereocenters. The maximum atomic E-state index is 11.6.